The van der Waals surface area contributed by atoms with Crippen LogP contribution in [0.25, 0.3) is 0 Å². The number of rotatable bonds is 9. The van der Waals surface area contributed by atoms with Crippen LogP contribution in [0.2, 0.25) is 0 Å². The Morgan fingerprint density at radius 2 is 1.57 bits per heavy atom. The van der Waals surface area contributed by atoms with E-state index in [-0.39, 0.29) is 80.7 Å². The smallest absolute Gasteiger partial charge is 1.00 e. The zero-order valence-electron chi connectivity index (χ0n) is 19.5. The Morgan fingerprint density at radius 1 is 1.07 bits per heavy atom. The van der Waals surface area contributed by atoms with Crippen LogP contribution in [-0.4, -0.2) is 38.5 Å². The molecule has 4 N–H and O–H groups in total. The average Bonchev–Trinajstić information content (AvgIpc) is 2.50. The molecule has 1 aromatic rings. The Kier molecular flexibility index (Phi) is 14.8. The minimum Gasteiger partial charge on any atom is -1.00 e. The number of benzene rings is 1. The van der Waals surface area contributed by atoms with Gasteiger partial charge in [-0.25, -0.2) is 4.79 Å². The largest absolute Gasteiger partial charge is 1.00 e. The van der Waals surface area contributed by atoms with Gasteiger partial charge in [-0.05, 0) is 35.8 Å². The third kappa shape index (κ3) is 10.4. The second kappa shape index (κ2) is 13.6. The summed E-state index contributed by atoms with van der Waals surface area (Å²) in [6.07, 6.45) is 0.0144. The summed E-state index contributed by atoms with van der Waals surface area (Å²) in [5, 5.41) is 11.5. The van der Waals surface area contributed by atoms with Gasteiger partial charge in [0.25, 0.3) is 0 Å². The van der Waals surface area contributed by atoms with Crippen LogP contribution < -0.4 is 64.4 Å². The maximum atomic E-state index is 12.4. The molecule has 1 rings (SSSR count). The van der Waals surface area contributed by atoms with Gasteiger partial charge in [0.1, 0.15) is 11.7 Å². The third-order valence-electron chi connectivity index (χ3n) is 4.11. The van der Waals surface area contributed by atoms with E-state index in [2.05, 4.69) is 5.32 Å². The van der Waals surface area contributed by atoms with E-state index in [1.165, 1.54) is 0 Å². The molecule has 28 heavy (non-hydrogen) atoms. The van der Waals surface area contributed by atoms with E-state index in [4.69, 9.17) is 0 Å². The van der Waals surface area contributed by atoms with E-state index in [1.54, 1.807) is 26.0 Å². The van der Waals surface area contributed by atoms with E-state index in [0.717, 1.165) is 5.56 Å². The van der Waals surface area contributed by atoms with Crippen LogP contribution in [0.1, 0.15) is 54.0 Å². The van der Waals surface area contributed by atoms with E-state index >= 15 is 0 Å². The van der Waals surface area contributed by atoms with Crippen molar-refractivity contribution < 1.29 is 91.0 Å². The van der Waals surface area contributed by atoms with Crippen molar-refractivity contribution in [2.75, 3.05) is 0 Å². The number of carboxylic acid groups (broad SMARTS) is 1. The summed E-state index contributed by atoms with van der Waals surface area (Å²) in [5.74, 6) is -1.84. The molecule has 150 valence electrons. The molecular weight excluding hydrogens is 403 g/mol. The van der Waals surface area contributed by atoms with E-state index in [9.17, 15) is 29.0 Å². The van der Waals surface area contributed by atoms with Crippen molar-refractivity contribution in [3.8, 4) is 0 Å². The topological polar surface area (TPSA) is 124 Å². The zero-order chi connectivity index (χ0) is 20.1. The van der Waals surface area contributed by atoms with E-state index in [0.29, 0.717) is 11.5 Å². The Hall–Kier alpha value is 0.310. The van der Waals surface area contributed by atoms with Gasteiger partial charge >= 0.3 is 72.7 Å². The first-order valence-corrected chi connectivity index (χ1v) is 10.3. The van der Waals surface area contributed by atoms with Gasteiger partial charge in [0, 0.05) is 0 Å². The molecule has 10 heteroatoms. The molecular formula is C18H30NNa2O6P. The van der Waals surface area contributed by atoms with E-state index < -0.39 is 31.2 Å². The van der Waals surface area contributed by atoms with Crippen LogP contribution in [-0.2, 0) is 20.6 Å². The fourth-order valence-electron chi connectivity index (χ4n) is 2.59. The fraction of sp³-hybridized carbons (Fsp3) is 0.556. The van der Waals surface area contributed by atoms with Crippen LogP contribution in [0.3, 0.4) is 0 Å². The SMILES string of the molecule is CC(C)C[C@H](NC(=O)C(Cc1ccc(C(C)C)cc1)P(=O)(O)O)C(=O)O.[H-].[H-].[Na+].[Na+]. The Balaban J connectivity index is -0.000000845. The summed E-state index contributed by atoms with van der Waals surface area (Å²) in [5.41, 5.74) is 0.0591. The quantitative estimate of drug-likeness (QED) is 0.240. The summed E-state index contributed by atoms with van der Waals surface area (Å²) < 4.78 is 11.8. The molecule has 0 saturated carbocycles. The molecule has 1 unspecified atom stereocenters. The minimum absolute atomic E-state index is 0. The predicted octanol–water partition coefficient (Wildman–Crippen LogP) is -3.25. The Morgan fingerprint density at radius 3 is 1.93 bits per heavy atom. The van der Waals surface area contributed by atoms with Crippen LogP contribution in [0.15, 0.2) is 24.3 Å². The van der Waals surface area contributed by atoms with Crippen molar-refractivity contribution in [3.05, 3.63) is 35.4 Å². The number of hydrogen-bond donors (Lipinski definition) is 4. The van der Waals surface area contributed by atoms with Crippen LogP contribution in [0.4, 0.5) is 0 Å². The fourth-order valence-corrected chi connectivity index (χ4v) is 3.42. The van der Waals surface area contributed by atoms with Crippen LogP contribution in [0, 0.1) is 5.92 Å². The number of carbonyl (C=O) groups is 2. The number of hydrogen-bond acceptors (Lipinski definition) is 3. The summed E-state index contributed by atoms with van der Waals surface area (Å²) >= 11 is 0. The molecule has 0 aliphatic carbocycles. The van der Waals surface area contributed by atoms with Crippen molar-refractivity contribution in [3.63, 3.8) is 0 Å². The number of carbonyl (C=O) groups excluding carboxylic acids is 1. The standard InChI is InChI=1S/C18H28NO6P.2Na.2H/c1-11(2)9-15(18(21)22)19-17(20)16(26(23,24)25)10-13-5-7-14(8-6-13)12(3)4;;;;/h5-8,11-12,15-16H,9-10H2,1-4H3,(H,19,20)(H,21,22)(H2,23,24,25);;;;/q;2*+1;2*-1/t15-,16?;;;;/m0..../s1. The van der Waals surface area contributed by atoms with Gasteiger partial charge in [0.15, 0.2) is 0 Å². The molecule has 0 saturated heterocycles. The molecule has 2 atom stereocenters. The summed E-state index contributed by atoms with van der Waals surface area (Å²) in [6, 6.07) is 5.99. The van der Waals surface area contributed by atoms with Crippen molar-refractivity contribution in [1.82, 2.24) is 5.32 Å². The third-order valence-corrected chi connectivity index (χ3v) is 5.33. The van der Waals surface area contributed by atoms with Crippen LogP contribution >= 0.6 is 7.60 Å². The van der Waals surface area contributed by atoms with Crippen molar-refractivity contribution in [2.24, 2.45) is 5.92 Å². The number of carboxylic acids is 1. The molecule has 0 bridgehead atoms. The first-order chi connectivity index (χ1) is 11.9. The van der Waals surface area contributed by atoms with Gasteiger partial charge in [0.05, 0.1) is 0 Å². The first kappa shape index (κ1) is 30.5. The van der Waals surface area contributed by atoms with Gasteiger partial charge < -0.3 is 23.1 Å². The van der Waals surface area contributed by atoms with Gasteiger partial charge in [-0.2, -0.15) is 0 Å². The molecule has 0 spiro atoms. The normalized spacial score (nSPS) is 13.3. The Labute approximate surface area is 213 Å². The van der Waals surface area contributed by atoms with Crippen molar-refractivity contribution in [2.45, 2.75) is 58.2 Å². The van der Waals surface area contributed by atoms with Crippen LogP contribution in [0.5, 0.6) is 0 Å². The molecule has 0 fully saturated rings. The Bertz CT molecular complexity index is 686. The summed E-state index contributed by atoms with van der Waals surface area (Å²) in [7, 11) is -4.75. The van der Waals surface area contributed by atoms with Gasteiger partial charge in [-0.3, -0.25) is 9.36 Å². The summed E-state index contributed by atoms with van der Waals surface area (Å²) in [6.45, 7) is 7.67. The van der Waals surface area contributed by atoms with Gasteiger partial charge in [0.2, 0.25) is 5.91 Å². The first-order valence-electron chi connectivity index (χ1n) is 8.59. The molecule has 0 aliphatic heterocycles. The number of nitrogens with one attached hydrogen (secondary N) is 1. The van der Waals surface area contributed by atoms with Crippen molar-refractivity contribution >= 4 is 19.5 Å². The minimum atomic E-state index is -4.75. The predicted molar refractivity (Wildman–Crippen MR) is 101 cm³/mol. The maximum absolute atomic E-state index is 12.4. The van der Waals surface area contributed by atoms with E-state index in [1.807, 2.05) is 26.0 Å². The number of amides is 1. The molecule has 0 radical (unpaired) electrons. The summed E-state index contributed by atoms with van der Waals surface area (Å²) in [4.78, 5) is 42.9. The maximum Gasteiger partial charge on any atom is 1.00 e. The van der Waals surface area contributed by atoms with Gasteiger partial charge in [-0.1, -0.05) is 52.0 Å². The molecule has 0 aliphatic rings. The number of aliphatic carboxylic acids is 1. The molecule has 0 heterocycles. The average molecular weight is 433 g/mol. The zero-order valence-corrected chi connectivity index (χ0v) is 22.4. The molecule has 1 amide bonds. The molecule has 7 nitrogen and oxygen atoms in total. The van der Waals surface area contributed by atoms with Gasteiger partial charge in [-0.15, -0.1) is 0 Å². The van der Waals surface area contributed by atoms with Crippen molar-refractivity contribution in [1.29, 1.82) is 0 Å². The second-order valence-electron chi connectivity index (χ2n) is 7.23. The molecule has 0 aromatic heterocycles. The molecule has 1 aromatic carbocycles. The second-order valence-corrected chi connectivity index (χ2v) is 9.04. The monoisotopic (exact) mass is 433 g/mol.